The summed E-state index contributed by atoms with van der Waals surface area (Å²) in [6.45, 7) is 10.6. The number of amides is 1. The highest BCUT2D eigenvalue weighted by atomic mass is 16.6. The zero-order valence-corrected chi connectivity index (χ0v) is 14.3. The van der Waals surface area contributed by atoms with Crippen LogP contribution in [0.3, 0.4) is 0 Å². The number of aromatic nitrogens is 1. The molecule has 22 heavy (non-hydrogen) atoms. The molecule has 0 saturated carbocycles. The van der Waals surface area contributed by atoms with Crippen LogP contribution in [0.1, 0.15) is 45.9 Å². The number of carbonyl (C=O) groups excluding carboxylic acids is 1. The molecule has 0 aromatic carbocycles. The largest absolute Gasteiger partial charge is 0.444 e. The second kappa shape index (κ2) is 6.84. The van der Waals surface area contributed by atoms with Crippen molar-refractivity contribution in [2.24, 2.45) is 7.05 Å². The van der Waals surface area contributed by atoms with Crippen LogP contribution < -0.4 is 10.6 Å². The maximum Gasteiger partial charge on any atom is 0.407 e. The first-order valence-corrected chi connectivity index (χ1v) is 7.30. The fourth-order valence-electron chi connectivity index (χ4n) is 1.85. The van der Waals surface area contributed by atoms with Crippen molar-refractivity contribution in [3.05, 3.63) is 23.5 Å². The average Bonchev–Trinajstić information content (AvgIpc) is 2.73. The van der Waals surface area contributed by atoms with Crippen LogP contribution >= 0.6 is 0 Å². The monoisotopic (exact) mass is 306 g/mol. The fraction of sp³-hybridized carbons (Fsp3) is 0.625. The van der Waals surface area contributed by atoms with E-state index in [1.165, 1.54) is 0 Å². The maximum absolute atomic E-state index is 11.7. The van der Waals surface area contributed by atoms with Gasteiger partial charge in [0, 0.05) is 31.9 Å². The van der Waals surface area contributed by atoms with Crippen molar-refractivity contribution in [1.29, 1.82) is 5.26 Å². The lowest BCUT2D eigenvalue weighted by Crippen LogP contribution is -2.49. The van der Waals surface area contributed by atoms with E-state index >= 15 is 0 Å². The molecular weight excluding hydrogens is 280 g/mol. The summed E-state index contributed by atoms with van der Waals surface area (Å²) >= 11 is 0. The Morgan fingerprint density at radius 2 is 2.00 bits per heavy atom. The first kappa shape index (κ1) is 18.1. The van der Waals surface area contributed by atoms with E-state index in [0.717, 1.165) is 5.56 Å². The van der Waals surface area contributed by atoms with Gasteiger partial charge in [0.1, 0.15) is 17.4 Å². The fourth-order valence-corrected chi connectivity index (χ4v) is 1.85. The summed E-state index contributed by atoms with van der Waals surface area (Å²) in [6.07, 6.45) is 1.50. The molecule has 0 fully saturated rings. The van der Waals surface area contributed by atoms with Crippen LogP contribution in [-0.2, 0) is 18.3 Å². The molecule has 0 aliphatic heterocycles. The Hall–Kier alpha value is -2.00. The number of nitrogens with zero attached hydrogens (tertiary/aromatic N) is 2. The molecule has 1 amide bonds. The molecule has 1 aromatic rings. The topological polar surface area (TPSA) is 79.1 Å². The normalized spacial score (nSPS) is 11.9. The molecule has 122 valence electrons. The highest BCUT2D eigenvalue weighted by molar-refractivity contribution is 5.67. The molecule has 2 N–H and O–H groups in total. The van der Waals surface area contributed by atoms with Gasteiger partial charge in [-0.15, -0.1) is 0 Å². The number of hydrogen-bond donors (Lipinski definition) is 2. The van der Waals surface area contributed by atoms with Crippen LogP contribution in [-0.4, -0.2) is 28.3 Å². The molecule has 1 heterocycles. The smallest absolute Gasteiger partial charge is 0.407 e. The molecule has 6 nitrogen and oxygen atoms in total. The molecule has 0 saturated heterocycles. The third-order valence-corrected chi connectivity index (χ3v) is 3.02. The van der Waals surface area contributed by atoms with E-state index < -0.39 is 11.7 Å². The van der Waals surface area contributed by atoms with Crippen molar-refractivity contribution in [1.82, 2.24) is 15.2 Å². The summed E-state index contributed by atoms with van der Waals surface area (Å²) in [4.78, 5) is 11.7. The van der Waals surface area contributed by atoms with Gasteiger partial charge in [-0.1, -0.05) is 0 Å². The number of nitriles is 1. The molecule has 0 bridgehead atoms. The van der Waals surface area contributed by atoms with Gasteiger partial charge in [-0.25, -0.2) is 4.79 Å². The van der Waals surface area contributed by atoms with Crippen molar-refractivity contribution in [3.63, 3.8) is 0 Å². The van der Waals surface area contributed by atoms with E-state index in [2.05, 4.69) is 16.7 Å². The molecule has 0 aliphatic rings. The minimum absolute atomic E-state index is 0.292. The third kappa shape index (κ3) is 6.19. The third-order valence-electron chi connectivity index (χ3n) is 3.02. The molecule has 1 aromatic heterocycles. The van der Waals surface area contributed by atoms with Gasteiger partial charge in [-0.3, -0.25) is 0 Å². The first-order valence-electron chi connectivity index (χ1n) is 7.30. The predicted octanol–water partition coefficient (Wildman–Crippen LogP) is 2.29. The summed E-state index contributed by atoms with van der Waals surface area (Å²) < 4.78 is 7.01. The number of rotatable bonds is 5. The summed E-state index contributed by atoms with van der Waals surface area (Å²) in [5.41, 5.74) is 0.866. The molecule has 6 heteroatoms. The van der Waals surface area contributed by atoms with Gasteiger partial charge in [-0.05, 0) is 46.2 Å². The summed E-state index contributed by atoms with van der Waals surface area (Å²) in [5.74, 6) is 0. The second-order valence-electron chi connectivity index (χ2n) is 7.05. The van der Waals surface area contributed by atoms with Crippen LogP contribution in [0.4, 0.5) is 4.79 Å². The Kier molecular flexibility index (Phi) is 5.61. The van der Waals surface area contributed by atoms with Crippen LogP contribution in [0.5, 0.6) is 0 Å². The Morgan fingerprint density at radius 3 is 2.50 bits per heavy atom. The van der Waals surface area contributed by atoms with Crippen LogP contribution in [0.25, 0.3) is 0 Å². The molecule has 0 spiro atoms. The molecule has 0 aliphatic carbocycles. The lowest BCUT2D eigenvalue weighted by atomic mass is 10.1. The van der Waals surface area contributed by atoms with E-state index in [4.69, 9.17) is 10.00 Å². The Bertz CT molecular complexity index is 562. The highest BCUT2D eigenvalue weighted by Crippen LogP contribution is 2.10. The van der Waals surface area contributed by atoms with E-state index in [0.29, 0.717) is 18.8 Å². The van der Waals surface area contributed by atoms with E-state index in [1.54, 1.807) is 4.57 Å². The zero-order chi connectivity index (χ0) is 17.0. The molecule has 0 unspecified atom stereocenters. The second-order valence-corrected chi connectivity index (χ2v) is 7.05. The number of aryl methyl sites for hydroxylation is 1. The minimum atomic E-state index is -0.501. The number of nitrogens with one attached hydrogen (secondary N) is 2. The lowest BCUT2D eigenvalue weighted by Gasteiger charge is -2.27. The van der Waals surface area contributed by atoms with Gasteiger partial charge in [0.2, 0.25) is 0 Å². The summed E-state index contributed by atoms with van der Waals surface area (Å²) in [5, 5.41) is 15.1. The van der Waals surface area contributed by atoms with Crippen molar-refractivity contribution in [3.8, 4) is 6.07 Å². The SMILES string of the molecule is Cn1cc(CNC(C)(C)CNC(=O)OC(C)(C)C)cc1C#N. The van der Waals surface area contributed by atoms with Crippen molar-refractivity contribution in [2.45, 2.75) is 52.3 Å². The quantitative estimate of drug-likeness (QED) is 0.875. The zero-order valence-electron chi connectivity index (χ0n) is 14.3. The molecule has 0 radical (unpaired) electrons. The highest BCUT2D eigenvalue weighted by Gasteiger charge is 2.21. The predicted molar refractivity (Wildman–Crippen MR) is 85.3 cm³/mol. The lowest BCUT2D eigenvalue weighted by molar-refractivity contribution is 0.0513. The first-order chi connectivity index (χ1) is 10.0. The Labute approximate surface area is 132 Å². The van der Waals surface area contributed by atoms with Gasteiger partial charge in [0.15, 0.2) is 0 Å². The molecular formula is C16H26N4O2. The number of hydrogen-bond acceptors (Lipinski definition) is 4. The van der Waals surface area contributed by atoms with E-state index in [9.17, 15) is 4.79 Å². The van der Waals surface area contributed by atoms with Gasteiger partial charge < -0.3 is 19.9 Å². The minimum Gasteiger partial charge on any atom is -0.444 e. The van der Waals surface area contributed by atoms with Crippen LogP contribution in [0.2, 0.25) is 0 Å². The maximum atomic E-state index is 11.7. The number of ether oxygens (including phenoxy) is 1. The summed E-state index contributed by atoms with van der Waals surface area (Å²) in [7, 11) is 1.84. The van der Waals surface area contributed by atoms with Crippen molar-refractivity contribution < 1.29 is 9.53 Å². The van der Waals surface area contributed by atoms with Gasteiger partial charge in [0.05, 0.1) is 0 Å². The van der Waals surface area contributed by atoms with Crippen molar-refractivity contribution in [2.75, 3.05) is 6.54 Å². The number of carbonyl (C=O) groups is 1. The van der Waals surface area contributed by atoms with Crippen LogP contribution in [0, 0.1) is 11.3 Å². The standard InChI is InChI=1S/C16H26N4O2/c1-15(2,3)22-14(21)18-11-16(4,5)19-9-12-7-13(8-17)20(6)10-12/h7,10,19H,9,11H2,1-6H3,(H,18,21). The summed E-state index contributed by atoms with van der Waals surface area (Å²) in [6, 6.07) is 3.99. The van der Waals surface area contributed by atoms with Crippen LogP contribution in [0.15, 0.2) is 12.3 Å². The average molecular weight is 306 g/mol. The number of alkyl carbamates (subject to hydrolysis) is 1. The van der Waals surface area contributed by atoms with Gasteiger partial charge >= 0.3 is 6.09 Å². The Balaban J connectivity index is 2.46. The van der Waals surface area contributed by atoms with Gasteiger partial charge in [-0.2, -0.15) is 5.26 Å². The Morgan fingerprint density at radius 1 is 1.36 bits per heavy atom. The molecule has 1 rings (SSSR count). The van der Waals surface area contributed by atoms with E-state index in [-0.39, 0.29) is 5.54 Å². The van der Waals surface area contributed by atoms with Crippen molar-refractivity contribution >= 4 is 6.09 Å². The van der Waals surface area contributed by atoms with E-state index in [1.807, 2.05) is 53.9 Å². The molecule has 0 atom stereocenters. The van der Waals surface area contributed by atoms with Gasteiger partial charge in [0.25, 0.3) is 0 Å².